The lowest BCUT2D eigenvalue weighted by Crippen LogP contribution is -2.27. The molecule has 0 saturated carbocycles. The lowest BCUT2D eigenvalue weighted by atomic mass is 10.1. The minimum atomic E-state index is 0.599. The van der Waals surface area contributed by atoms with Crippen LogP contribution in [0.4, 0.5) is 0 Å². The van der Waals surface area contributed by atoms with E-state index in [1.165, 1.54) is 11.1 Å². The molecule has 1 aliphatic rings. The average molecular weight is 496 g/mol. The summed E-state index contributed by atoms with van der Waals surface area (Å²) in [5.41, 5.74) is 4.68. The van der Waals surface area contributed by atoms with Crippen molar-refractivity contribution in [2.75, 3.05) is 19.8 Å². The van der Waals surface area contributed by atoms with E-state index in [-0.39, 0.29) is 0 Å². The van der Waals surface area contributed by atoms with Crippen molar-refractivity contribution < 1.29 is 9.47 Å². The van der Waals surface area contributed by atoms with Gasteiger partial charge in [0.2, 0.25) is 0 Å². The standard InChI is InChI=1S/C29H38ClN3O2/c1-5-6-14-33-25(28(30)31-29(33)24-10-8-7-9-22(24)4)20-32(15-13-21(2)3)19-23-11-12-26-27(18-23)35-17-16-34-26/h7-12,18,21H,5-6,13-17,19-20H2,1-4H3. The molecule has 2 aromatic carbocycles. The lowest BCUT2D eigenvalue weighted by molar-refractivity contribution is 0.170. The van der Waals surface area contributed by atoms with Gasteiger partial charge in [0.1, 0.15) is 19.0 Å². The monoisotopic (exact) mass is 495 g/mol. The van der Waals surface area contributed by atoms with Gasteiger partial charge in [-0.05, 0) is 55.5 Å². The smallest absolute Gasteiger partial charge is 0.161 e. The molecule has 0 aliphatic carbocycles. The highest BCUT2D eigenvalue weighted by atomic mass is 35.5. The van der Waals surface area contributed by atoms with Gasteiger partial charge in [0.25, 0.3) is 0 Å². The van der Waals surface area contributed by atoms with Gasteiger partial charge in [-0.2, -0.15) is 0 Å². The fourth-order valence-electron chi connectivity index (χ4n) is 4.51. The van der Waals surface area contributed by atoms with Gasteiger partial charge in [-0.15, -0.1) is 0 Å². The van der Waals surface area contributed by atoms with E-state index in [9.17, 15) is 0 Å². The second-order valence-corrected chi connectivity index (χ2v) is 10.2. The number of unbranched alkanes of at least 4 members (excludes halogenated alkanes) is 1. The van der Waals surface area contributed by atoms with Crippen molar-refractivity contribution in [2.45, 2.75) is 66.6 Å². The Bertz CT molecular complexity index is 1130. The van der Waals surface area contributed by atoms with Crippen LogP contribution in [0.3, 0.4) is 0 Å². The molecule has 0 bridgehead atoms. The van der Waals surface area contributed by atoms with Crippen molar-refractivity contribution in [3.8, 4) is 22.9 Å². The molecule has 0 spiro atoms. The predicted molar refractivity (Wildman–Crippen MR) is 143 cm³/mol. The number of benzene rings is 2. The second kappa shape index (κ2) is 12.0. The van der Waals surface area contributed by atoms with Crippen LogP contribution < -0.4 is 9.47 Å². The SMILES string of the molecule is CCCCn1c(-c2ccccc2C)nc(Cl)c1CN(CCC(C)C)Cc1ccc2c(c1)OCCO2. The van der Waals surface area contributed by atoms with Gasteiger partial charge in [-0.25, -0.2) is 4.98 Å². The van der Waals surface area contributed by atoms with Gasteiger partial charge in [0, 0.05) is 25.2 Å². The van der Waals surface area contributed by atoms with Crippen LogP contribution in [0.15, 0.2) is 42.5 Å². The summed E-state index contributed by atoms with van der Waals surface area (Å²) in [6.45, 7) is 13.6. The van der Waals surface area contributed by atoms with E-state index in [1.807, 2.05) is 6.07 Å². The van der Waals surface area contributed by atoms with Gasteiger partial charge in [-0.3, -0.25) is 4.90 Å². The molecule has 0 amide bonds. The molecule has 2 heterocycles. The van der Waals surface area contributed by atoms with Gasteiger partial charge >= 0.3 is 0 Å². The molecule has 5 nitrogen and oxygen atoms in total. The maximum absolute atomic E-state index is 6.84. The molecule has 3 aromatic rings. The number of nitrogens with zero attached hydrogens (tertiary/aromatic N) is 3. The van der Waals surface area contributed by atoms with Crippen LogP contribution in [-0.4, -0.2) is 34.2 Å². The van der Waals surface area contributed by atoms with Gasteiger partial charge in [-0.1, -0.05) is 69.1 Å². The molecule has 0 radical (unpaired) electrons. The molecule has 188 valence electrons. The maximum atomic E-state index is 6.84. The molecule has 0 unspecified atom stereocenters. The normalized spacial score (nSPS) is 13.1. The number of imidazole rings is 1. The first-order chi connectivity index (χ1) is 17.0. The summed E-state index contributed by atoms with van der Waals surface area (Å²) in [7, 11) is 0. The summed E-state index contributed by atoms with van der Waals surface area (Å²) in [5, 5.41) is 0.607. The number of rotatable bonds is 11. The van der Waals surface area contributed by atoms with Gasteiger partial charge in [0.05, 0.1) is 5.69 Å². The quantitative estimate of drug-likeness (QED) is 0.283. The number of aromatic nitrogens is 2. The third-order valence-corrected chi connectivity index (χ3v) is 6.86. The maximum Gasteiger partial charge on any atom is 0.161 e. The van der Waals surface area contributed by atoms with E-state index >= 15 is 0 Å². The summed E-state index contributed by atoms with van der Waals surface area (Å²) in [6, 6.07) is 14.7. The number of hydrogen-bond donors (Lipinski definition) is 0. The number of hydrogen-bond acceptors (Lipinski definition) is 4. The average Bonchev–Trinajstić information content (AvgIpc) is 3.15. The molecule has 0 N–H and O–H groups in total. The zero-order valence-electron chi connectivity index (χ0n) is 21.5. The van der Waals surface area contributed by atoms with Crippen LogP contribution in [0.5, 0.6) is 11.5 Å². The Balaban J connectivity index is 1.64. The lowest BCUT2D eigenvalue weighted by Gasteiger charge is -2.25. The third kappa shape index (κ3) is 6.39. The Morgan fingerprint density at radius 1 is 1.06 bits per heavy atom. The van der Waals surface area contributed by atoms with Crippen LogP contribution >= 0.6 is 11.6 Å². The highest BCUT2D eigenvalue weighted by Gasteiger charge is 2.21. The molecular formula is C29H38ClN3O2. The zero-order chi connectivity index (χ0) is 24.8. The Hall–Kier alpha value is -2.50. The zero-order valence-corrected chi connectivity index (χ0v) is 22.3. The molecule has 6 heteroatoms. The highest BCUT2D eigenvalue weighted by molar-refractivity contribution is 6.30. The van der Waals surface area contributed by atoms with Gasteiger partial charge < -0.3 is 14.0 Å². The molecule has 0 atom stereocenters. The van der Waals surface area contributed by atoms with Crippen molar-refractivity contribution in [3.63, 3.8) is 0 Å². The number of ether oxygens (including phenoxy) is 2. The summed E-state index contributed by atoms with van der Waals surface area (Å²) < 4.78 is 13.9. The number of halogens is 1. The van der Waals surface area contributed by atoms with E-state index in [2.05, 4.69) is 73.6 Å². The Morgan fingerprint density at radius 2 is 1.83 bits per heavy atom. The summed E-state index contributed by atoms with van der Waals surface area (Å²) in [4.78, 5) is 7.36. The molecule has 0 saturated heterocycles. The van der Waals surface area contributed by atoms with Crippen molar-refractivity contribution >= 4 is 11.6 Å². The summed E-state index contributed by atoms with van der Waals surface area (Å²) >= 11 is 6.84. The molecule has 35 heavy (non-hydrogen) atoms. The Morgan fingerprint density at radius 3 is 2.57 bits per heavy atom. The first-order valence-corrected chi connectivity index (χ1v) is 13.3. The van der Waals surface area contributed by atoms with Crippen molar-refractivity contribution in [1.29, 1.82) is 0 Å². The minimum Gasteiger partial charge on any atom is -0.486 e. The third-order valence-electron chi connectivity index (χ3n) is 6.55. The topological polar surface area (TPSA) is 39.5 Å². The van der Waals surface area contributed by atoms with Crippen molar-refractivity contribution in [3.05, 3.63) is 64.4 Å². The first kappa shape index (κ1) is 25.6. The minimum absolute atomic E-state index is 0.599. The van der Waals surface area contributed by atoms with Crippen LogP contribution in [0.25, 0.3) is 11.4 Å². The number of fused-ring (bicyclic) bond motifs is 1. The van der Waals surface area contributed by atoms with Crippen LogP contribution in [0.1, 0.15) is 56.9 Å². The van der Waals surface area contributed by atoms with E-state index < -0.39 is 0 Å². The highest BCUT2D eigenvalue weighted by Crippen LogP contribution is 2.33. The van der Waals surface area contributed by atoms with Gasteiger partial charge in [0.15, 0.2) is 16.7 Å². The van der Waals surface area contributed by atoms with Crippen LogP contribution in [0, 0.1) is 12.8 Å². The summed E-state index contributed by atoms with van der Waals surface area (Å²) in [6.07, 6.45) is 3.33. The number of aryl methyl sites for hydroxylation is 1. The molecule has 1 aromatic heterocycles. The summed E-state index contributed by atoms with van der Waals surface area (Å²) in [5.74, 6) is 3.27. The molecule has 4 rings (SSSR count). The molecule has 0 fully saturated rings. The largest absolute Gasteiger partial charge is 0.486 e. The van der Waals surface area contributed by atoms with Crippen molar-refractivity contribution in [1.82, 2.24) is 14.5 Å². The molecular weight excluding hydrogens is 458 g/mol. The van der Waals surface area contributed by atoms with Crippen LogP contribution in [0.2, 0.25) is 5.15 Å². The fraction of sp³-hybridized carbons (Fsp3) is 0.483. The first-order valence-electron chi connectivity index (χ1n) is 12.9. The fourth-order valence-corrected chi connectivity index (χ4v) is 4.75. The van der Waals surface area contributed by atoms with E-state index in [1.54, 1.807) is 0 Å². The van der Waals surface area contributed by atoms with E-state index in [0.717, 1.165) is 74.0 Å². The predicted octanol–water partition coefficient (Wildman–Crippen LogP) is 7.13. The second-order valence-electron chi connectivity index (χ2n) is 9.86. The Kier molecular flexibility index (Phi) is 8.74. The van der Waals surface area contributed by atoms with E-state index in [0.29, 0.717) is 24.3 Å². The van der Waals surface area contributed by atoms with E-state index in [4.69, 9.17) is 26.1 Å². The van der Waals surface area contributed by atoms with Crippen molar-refractivity contribution in [2.24, 2.45) is 5.92 Å². The Labute approximate surface area is 215 Å². The molecule has 1 aliphatic heterocycles. The van der Waals surface area contributed by atoms with Crippen LogP contribution in [-0.2, 0) is 19.6 Å².